The maximum absolute atomic E-state index is 6.33. The van der Waals surface area contributed by atoms with E-state index in [0.717, 1.165) is 23.4 Å². The summed E-state index contributed by atoms with van der Waals surface area (Å²) in [5.41, 5.74) is 5.76. The third-order valence-electron chi connectivity index (χ3n) is 3.76. The third-order valence-corrected chi connectivity index (χ3v) is 3.96. The number of benzene rings is 1. The van der Waals surface area contributed by atoms with Gasteiger partial charge >= 0.3 is 0 Å². The van der Waals surface area contributed by atoms with Crippen LogP contribution in [0.25, 0.3) is 11.0 Å². The fourth-order valence-corrected chi connectivity index (χ4v) is 2.72. The van der Waals surface area contributed by atoms with Crippen molar-refractivity contribution in [2.75, 3.05) is 0 Å². The number of nitrogens with zero attached hydrogens (tertiary/aromatic N) is 3. The predicted molar refractivity (Wildman–Crippen MR) is 86.8 cm³/mol. The van der Waals surface area contributed by atoms with Crippen molar-refractivity contribution in [2.45, 2.75) is 32.7 Å². The molecule has 3 nitrogen and oxygen atoms in total. The summed E-state index contributed by atoms with van der Waals surface area (Å²) >= 11 is 6.33. The van der Waals surface area contributed by atoms with Gasteiger partial charge in [-0.2, -0.15) is 0 Å². The molecule has 1 aromatic carbocycles. The summed E-state index contributed by atoms with van der Waals surface area (Å²) in [5.74, 6) is 0.903. The maximum Gasteiger partial charge on any atom is 0.128 e. The Kier molecular flexibility index (Phi) is 3.68. The smallest absolute Gasteiger partial charge is 0.128 e. The molecule has 0 aliphatic rings. The summed E-state index contributed by atoms with van der Waals surface area (Å²) in [5, 5.41) is -0.130. The van der Waals surface area contributed by atoms with Crippen LogP contribution in [-0.2, 0) is 6.54 Å². The van der Waals surface area contributed by atoms with Gasteiger partial charge in [-0.1, -0.05) is 6.07 Å². The van der Waals surface area contributed by atoms with Crippen molar-refractivity contribution in [2.24, 2.45) is 0 Å². The quantitative estimate of drug-likeness (QED) is 0.671. The molecular weight excluding hydrogens is 282 g/mol. The molecule has 2 aromatic heterocycles. The van der Waals surface area contributed by atoms with Gasteiger partial charge in [-0.15, -0.1) is 11.6 Å². The first-order valence-corrected chi connectivity index (χ1v) is 7.50. The highest BCUT2D eigenvalue weighted by molar-refractivity contribution is 6.20. The Labute approximate surface area is 129 Å². The molecule has 1 unspecified atom stereocenters. The summed E-state index contributed by atoms with van der Waals surface area (Å²) in [7, 11) is 0. The van der Waals surface area contributed by atoms with Gasteiger partial charge in [0.15, 0.2) is 0 Å². The second-order valence-electron chi connectivity index (χ2n) is 5.47. The molecule has 0 N–H and O–H groups in total. The van der Waals surface area contributed by atoms with Crippen LogP contribution in [0.4, 0.5) is 0 Å². The molecule has 3 aromatic rings. The van der Waals surface area contributed by atoms with Gasteiger partial charge in [0, 0.05) is 12.4 Å². The zero-order valence-electron chi connectivity index (χ0n) is 12.5. The lowest BCUT2D eigenvalue weighted by molar-refractivity contribution is 0.737. The van der Waals surface area contributed by atoms with Gasteiger partial charge in [0.25, 0.3) is 0 Å². The molecule has 4 heteroatoms. The van der Waals surface area contributed by atoms with Crippen LogP contribution in [-0.4, -0.2) is 14.5 Å². The Morgan fingerprint density at radius 2 is 2.05 bits per heavy atom. The molecule has 3 rings (SSSR count). The van der Waals surface area contributed by atoms with Crippen molar-refractivity contribution in [3.63, 3.8) is 0 Å². The molecule has 0 saturated heterocycles. The molecule has 0 aliphatic carbocycles. The van der Waals surface area contributed by atoms with Gasteiger partial charge in [0.05, 0.1) is 23.0 Å². The standard InChI is InChI=1S/C17H18ClN3/c1-11-4-5-15-16(8-11)21(17(20-15)13(3)18)10-14-9-19-7-6-12(14)2/h4-9,13H,10H2,1-3H3. The average molecular weight is 300 g/mol. The predicted octanol–water partition coefficient (Wildman–Crippen LogP) is 4.40. The molecule has 0 spiro atoms. The van der Waals surface area contributed by atoms with Crippen molar-refractivity contribution >= 4 is 22.6 Å². The van der Waals surface area contributed by atoms with Crippen LogP contribution in [0.2, 0.25) is 0 Å². The van der Waals surface area contributed by atoms with Crippen molar-refractivity contribution in [3.8, 4) is 0 Å². The van der Waals surface area contributed by atoms with Gasteiger partial charge < -0.3 is 4.57 Å². The zero-order valence-corrected chi connectivity index (χ0v) is 13.2. The van der Waals surface area contributed by atoms with Crippen LogP contribution in [0.15, 0.2) is 36.7 Å². The molecule has 0 fully saturated rings. The fourth-order valence-electron chi connectivity index (χ4n) is 2.55. The van der Waals surface area contributed by atoms with E-state index in [1.165, 1.54) is 16.7 Å². The van der Waals surface area contributed by atoms with Crippen LogP contribution >= 0.6 is 11.6 Å². The molecule has 0 bridgehead atoms. The van der Waals surface area contributed by atoms with Gasteiger partial charge in [0.1, 0.15) is 5.82 Å². The van der Waals surface area contributed by atoms with Gasteiger partial charge in [-0.05, 0) is 55.7 Å². The fraction of sp³-hybridized carbons (Fsp3) is 0.294. The minimum Gasteiger partial charge on any atom is -0.322 e. The molecule has 2 heterocycles. The molecule has 0 amide bonds. The molecular formula is C17H18ClN3. The zero-order chi connectivity index (χ0) is 15.0. The number of aromatic nitrogens is 3. The number of pyridine rings is 1. The summed E-state index contributed by atoms with van der Waals surface area (Å²) in [4.78, 5) is 8.92. The minimum atomic E-state index is -0.130. The topological polar surface area (TPSA) is 30.7 Å². The first-order valence-electron chi connectivity index (χ1n) is 7.06. The van der Waals surface area contributed by atoms with E-state index in [4.69, 9.17) is 11.6 Å². The summed E-state index contributed by atoms with van der Waals surface area (Å²) < 4.78 is 2.20. The first-order chi connectivity index (χ1) is 10.1. The molecule has 0 saturated carbocycles. The summed E-state index contributed by atoms with van der Waals surface area (Å²) in [6.07, 6.45) is 3.74. The number of rotatable bonds is 3. The SMILES string of the molecule is Cc1ccc2nc(C(C)Cl)n(Cc3cnccc3C)c2c1. The van der Waals surface area contributed by atoms with E-state index in [9.17, 15) is 0 Å². The summed E-state index contributed by atoms with van der Waals surface area (Å²) in [6.45, 7) is 6.90. The lowest BCUT2D eigenvalue weighted by Crippen LogP contribution is -2.07. The van der Waals surface area contributed by atoms with Crippen LogP contribution in [0.3, 0.4) is 0 Å². The Morgan fingerprint density at radius 3 is 2.76 bits per heavy atom. The lowest BCUT2D eigenvalue weighted by Gasteiger charge is -2.12. The van der Waals surface area contributed by atoms with Gasteiger partial charge in [-0.3, -0.25) is 4.98 Å². The van der Waals surface area contributed by atoms with E-state index >= 15 is 0 Å². The van der Waals surface area contributed by atoms with E-state index in [-0.39, 0.29) is 5.38 Å². The van der Waals surface area contributed by atoms with Crippen LogP contribution in [0, 0.1) is 13.8 Å². The number of fused-ring (bicyclic) bond motifs is 1. The Morgan fingerprint density at radius 1 is 1.24 bits per heavy atom. The number of hydrogen-bond donors (Lipinski definition) is 0. The number of halogens is 1. The largest absolute Gasteiger partial charge is 0.322 e. The van der Waals surface area contributed by atoms with Crippen LogP contribution < -0.4 is 0 Å². The van der Waals surface area contributed by atoms with E-state index in [1.54, 1.807) is 0 Å². The van der Waals surface area contributed by atoms with Gasteiger partial charge in [-0.25, -0.2) is 4.98 Å². The van der Waals surface area contributed by atoms with E-state index in [2.05, 4.69) is 46.6 Å². The highest BCUT2D eigenvalue weighted by Crippen LogP contribution is 2.26. The minimum absolute atomic E-state index is 0.130. The Hall–Kier alpha value is -1.87. The van der Waals surface area contributed by atoms with Gasteiger partial charge in [0.2, 0.25) is 0 Å². The number of hydrogen-bond acceptors (Lipinski definition) is 2. The first kappa shape index (κ1) is 14.1. The van der Waals surface area contributed by atoms with E-state index < -0.39 is 0 Å². The Bertz CT molecular complexity index is 790. The molecule has 21 heavy (non-hydrogen) atoms. The van der Waals surface area contributed by atoms with Crippen molar-refractivity contribution in [1.29, 1.82) is 0 Å². The van der Waals surface area contributed by atoms with Crippen molar-refractivity contribution in [1.82, 2.24) is 14.5 Å². The third kappa shape index (κ3) is 2.66. The summed E-state index contributed by atoms with van der Waals surface area (Å²) in [6, 6.07) is 8.33. The second kappa shape index (κ2) is 5.49. The average Bonchev–Trinajstić information content (AvgIpc) is 2.80. The van der Waals surface area contributed by atoms with E-state index in [0.29, 0.717) is 0 Å². The lowest BCUT2D eigenvalue weighted by atomic mass is 10.1. The molecule has 108 valence electrons. The molecule has 0 aliphatic heterocycles. The highest BCUT2D eigenvalue weighted by Gasteiger charge is 2.15. The number of aryl methyl sites for hydroxylation is 2. The number of alkyl halides is 1. The second-order valence-corrected chi connectivity index (χ2v) is 6.12. The molecule has 1 atom stereocenters. The van der Waals surface area contributed by atoms with Crippen LogP contribution in [0.1, 0.15) is 34.8 Å². The van der Waals surface area contributed by atoms with E-state index in [1.807, 2.05) is 25.4 Å². The maximum atomic E-state index is 6.33. The monoisotopic (exact) mass is 299 g/mol. The van der Waals surface area contributed by atoms with Crippen molar-refractivity contribution in [3.05, 3.63) is 59.2 Å². The van der Waals surface area contributed by atoms with Crippen molar-refractivity contribution < 1.29 is 0 Å². The molecule has 0 radical (unpaired) electrons. The number of imidazole rings is 1. The Balaban J connectivity index is 2.17. The normalized spacial score (nSPS) is 12.8. The highest BCUT2D eigenvalue weighted by atomic mass is 35.5. The van der Waals surface area contributed by atoms with Crippen LogP contribution in [0.5, 0.6) is 0 Å².